The Bertz CT molecular complexity index is 1150. The second-order valence-electron chi connectivity index (χ2n) is 10.3. The predicted octanol–water partition coefficient (Wildman–Crippen LogP) is 5.33. The molecule has 0 amide bonds. The molecular weight excluding hydrogens is 412 g/mol. The topological polar surface area (TPSA) is 84.7 Å². The van der Waals surface area contributed by atoms with E-state index < -0.39 is 5.54 Å². The van der Waals surface area contributed by atoms with Gasteiger partial charge in [-0.05, 0) is 68.7 Å². The largest absolute Gasteiger partial charge is 0.378 e. The highest BCUT2D eigenvalue weighted by molar-refractivity contribution is 6.09. The molecule has 1 atom stereocenters. The van der Waals surface area contributed by atoms with Gasteiger partial charge in [-0.15, -0.1) is 5.10 Å². The Labute approximate surface area is 195 Å². The Morgan fingerprint density at radius 3 is 2.45 bits per heavy atom. The molecule has 5 rings (SSSR count). The van der Waals surface area contributed by atoms with Crippen molar-refractivity contribution in [1.29, 1.82) is 0 Å². The molecule has 172 valence electrons. The maximum absolute atomic E-state index is 13.1. The molecule has 1 unspecified atom stereocenters. The van der Waals surface area contributed by atoms with Crippen LogP contribution in [-0.2, 0) is 5.54 Å². The minimum Gasteiger partial charge on any atom is -0.378 e. The van der Waals surface area contributed by atoms with E-state index in [1.807, 2.05) is 53.2 Å². The van der Waals surface area contributed by atoms with Crippen LogP contribution in [0.15, 0.2) is 48.5 Å². The van der Waals surface area contributed by atoms with E-state index in [0.29, 0.717) is 17.2 Å². The van der Waals surface area contributed by atoms with Crippen molar-refractivity contribution in [2.45, 2.75) is 76.4 Å². The van der Waals surface area contributed by atoms with E-state index in [9.17, 15) is 4.79 Å². The summed E-state index contributed by atoms with van der Waals surface area (Å²) in [5.74, 6) is 0.870. The highest BCUT2D eigenvalue weighted by atomic mass is 16.1. The molecule has 1 aromatic heterocycles. The van der Waals surface area contributed by atoms with Gasteiger partial charge in [0.2, 0.25) is 0 Å². The predicted molar refractivity (Wildman–Crippen MR) is 130 cm³/mol. The van der Waals surface area contributed by atoms with Gasteiger partial charge >= 0.3 is 0 Å². The fourth-order valence-corrected chi connectivity index (χ4v) is 5.55. The van der Waals surface area contributed by atoms with Crippen molar-refractivity contribution in [2.75, 3.05) is 10.6 Å². The maximum Gasteiger partial charge on any atom is 0.193 e. The van der Waals surface area contributed by atoms with E-state index in [-0.39, 0.29) is 11.3 Å². The Balaban J connectivity index is 1.54. The van der Waals surface area contributed by atoms with Gasteiger partial charge in [0.15, 0.2) is 11.6 Å². The SMILES string of the molecule is CC1(C)CC(C)(c2nnnn2C2CCCCC2)Nc2cc(C(=O)c3ccccc3)ccc2N1. The standard InChI is InChI=1S/C26H32N6O/c1-25(2)17-26(3,24-29-30-31-32(24)20-12-8-5-9-13-20)28-22-16-19(14-15-21(22)27-25)23(33)18-10-6-4-7-11-18/h4,6-7,10-11,14-16,20,27-28H,5,8-9,12-13,17H2,1-3H3. The Hall–Kier alpha value is -3.22. The van der Waals surface area contributed by atoms with Gasteiger partial charge in [0.1, 0.15) is 0 Å². The van der Waals surface area contributed by atoms with Crippen LogP contribution in [0.25, 0.3) is 0 Å². The number of benzene rings is 2. The number of fused-ring (bicyclic) bond motifs is 1. The molecule has 2 heterocycles. The number of nitrogens with zero attached hydrogens (tertiary/aromatic N) is 4. The molecule has 1 saturated carbocycles. The highest BCUT2D eigenvalue weighted by Gasteiger charge is 2.42. The summed E-state index contributed by atoms with van der Waals surface area (Å²) in [7, 11) is 0. The molecule has 1 aliphatic carbocycles. The molecule has 7 heteroatoms. The molecule has 0 bridgehead atoms. The van der Waals surface area contributed by atoms with Crippen LogP contribution in [-0.4, -0.2) is 31.5 Å². The number of hydrogen-bond donors (Lipinski definition) is 2. The van der Waals surface area contributed by atoms with Crippen molar-refractivity contribution in [3.8, 4) is 0 Å². The van der Waals surface area contributed by atoms with Crippen LogP contribution in [0.5, 0.6) is 0 Å². The van der Waals surface area contributed by atoms with Gasteiger partial charge in [-0.25, -0.2) is 4.68 Å². The zero-order valence-electron chi connectivity index (χ0n) is 19.6. The molecule has 1 fully saturated rings. The summed E-state index contributed by atoms with van der Waals surface area (Å²) >= 11 is 0. The van der Waals surface area contributed by atoms with Crippen molar-refractivity contribution in [3.05, 3.63) is 65.5 Å². The first-order valence-corrected chi connectivity index (χ1v) is 11.9. The summed E-state index contributed by atoms with van der Waals surface area (Å²) in [5, 5.41) is 20.4. The zero-order valence-corrected chi connectivity index (χ0v) is 19.6. The van der Waals surface area contributed by atoms with E-state index in [1.165, 1.54) is 19.3 Å². The second kappa shape index (κ2) is 8.28. The second-order valence-corrected chi connectivity index (χ2v) is 10.3. The highest BCUT2D eigenvalue weighted by Crippen LogP contribution is 2.42. The number of carbonyl (C=O) groups excluding carboxylic acids is 1. The fraction of sp³-hybridized carbons (Fsp3) is 0.462. The molecule has 0 saturated heterocycles. The minimum absolute atomic E-state index is 0.0115. The Kier molecular flexibility index (Phi) is 5.43. The Morgan fingerprint density at radius 2 is 1.70 bits per heavy atom. The lowest BCUT2D eigenvalue weighted by Crippen LogP contribution is -2.43. The molecule has 7 nitrogen and oxygen atoms in total. The molecule has 2 N–H and O–H groups in total. The van der Waals surface area contributed by atoms with Crippen LogP contribution in [0.3, 0.4) is 0 Å². The van der Waals surface area contributed by atoms with E-state index in [0.717, 1.165) is 36.5 Å². The molecule has 1 aliphatic heterocycles. The van der Waals surface area contributed by atoms with Crippen LogP contribution in [0.1, 0.15) is 87.1 Å². The van der Waals surface area contributed by atoms with Gasteiger partial charge in [0.05, 0.1) is 23.0 Å². The van der Waals surface area contributed by atoms with Gasteiger partial charge in [-0.3, -0.25) is 4.79 Å². The lowest BCUT2D eigenvalue weighted by Gasteiger charge is -2.36. The lowest BCUT2D eigenvalue weighted by molar-refractivity contribution is 0.103. The number of aromatic nitrogens is 4. The van der Waals surface area contributed by atoms with Gasteiger partial charge < -0.3 is 10.6 Å². The van der Waals surface area contributed by atoms with Crippen LogP contribution >= 0.6 is 0 Å². The fourth-order valence-electron chi connectivity index (χ4n) is 5.55. The van der Waals surface area contributed by atoms with Crippen LogP contribution in [0.2, 0.25) is 0 Å². The van der Waals surface area contributed by atoms with Crippen molar-refractivity contribution in [3.63, 3.8) is 0 Å². The monoisotopic (exact) mass is 444 g/mol. The molecule has 0 radical (unpaired) electrons. The smallest absolute Gasteiger partial charge is 0.193 e. The van der Waals surface area contributed by atoms with E-state index in [1.54, 1.807) is 0 Å². The summed E-state index contributed by atoms with van der Waals surface area (Å²) in [5.41, 5.74) is 2.50. The third-order valence-corrected chi connectivity index (χ3v) is 6.90. The summed E-state index contributed by atoms with van der Waals surface area (Å²) in [6.45, 7) is 6.56. The molecule has 2 aromatic carbocycles. The van der Waals surface area contributed by atoms with Gasteiger partial charge in [0.25, 0.3) is 0 Å². The Morgan fingerprint density at radius 1 is 0.939 bits per heavy atom. The first kappa shape index (κ1) is 21.6. The van der Waals surface area contributed by atoms with Crippen molar-refractivity contribution in [1.82, 2.24) is 20.2 Å². The molecule has 33 heavy (non-hydrogen) atoms. The first-order valence-electron chi connectivity index (χ1n) is 11.9. The average Bonchev–Trinajstić information content (AvgIpc) is 3.28. The van der Waals surface area contributed by atoms with E-state index in [2.05, 4.69) is 46.9 Å². The minimum atomic E-state index is -0.503. The van der Waals surface area contributed by atoms with Gasteiger partial charge in [0, 0.05) is 16.7 Å². The summed E-state index contributed by atoms with van der Waals surface area (Å²) in [4.78, 5) is 13.1. The third-order valence-electron chi connectivity index (χ3n) is 6.90. The third kappa shape index (κ3) is 4.24. The first-order chi connectivity index (χ1) is 15.8. The molecular formula is C26H32N6O. The normalized spacial score (nSPS) is 22.5. The number of ketones is 1. The van der Waals surface area contributed by atoms with Gasteiger partial charge in [-0.2, -0.15) is 0 Å². The summed E-state index contributed by atoms with van der Waals surface area (Å²) in [6, 6.07) is 15.6. The number of rotatable bonds is 4. The number of hydrogen-bond acceptors (Lipinski definition) is 6. The number of carbonyl (C=O) groups is 1. The van der Waals surface area contributed by atoms with Crippen LogP contribution in [0, 0.1) is 0 Å². The van der Waals surface area contributed by atoms with Gasteiger partial charge in [-0.1, -0.05) is 49.6 Å². The van der Waals surface area contributed by atoms with Crippen molar-refractivity contribution in [2.24, 2.45) is 0 Å². The molecule has 3 aromatic rings. The summed E-state index contributed by atoms with van der Waals surface area (Å²) in [6.07, 6.45) is 6.73. The number of nitrogens with one attached hydrogen (secondary N) is 2. The van der Waals surface area contributed by atoms with E-state index in [4.69, 9.17) is 0 Å². The lowest BCUT2D eigenvalue weighted by atomic mass is 9.84. The summed E-state index contributed by atoms with van der Waals surface area (Å²) < 4.78 is 2.05. The van der Waals surface area contributed by atoms with Crippen molar-refractivity contribution < 1.29 is 4.79 Å². The quantitative estimate of drug-likeness (QED) is 0.529. The number of tetrazole rings is 1. The number of anilines is 2. The average molecular weight is 445 g/mol. The van der Waals surface area contributed by atoms with Crippen molar-refractivity contribution >= 4 is 17.2 Å². The molecule has 0 spiro atoms. The zero-order chi connectivity index (χ0) is 23.1. The van der Waals surface area contributed by atoms with E-state index >= 15 is 0 Å². The maximum atomic E-state index is 13.1. The molecule has 2 aliphatic rings. The van der Waals surface area contributed by atoms with Crippen LogP contribution < -0.4 is 10.6 Å². The van der Waals surface area contributed by atoms with Crippen LogP contribution in [0.4, 0.5) is 11.4 Å².